The molecule has 0 atom stereocenters. The van der Waals surface area contributed by atoms with E-state index in [4.69, 9.17) is 0 Å². The van der Waals surface area contributed by atoms with Crippen LogP contribution in [0.3, 0.4) is 0 Å². The fraction of sp³-hybridized carbons (Fsp3) is 0.0833. The van der Waals surface area contributed by atoms with Crippen LogP contribution < -0.4 is 5.56 Å². The van der Waals surface area contributed by atoms with Gasteiger partial charge in [0.2, 0.25) is 4.96 Å². The third kappa shape index (κ3) is 2.65. The largest absolute Gasteiger partial charge is 0.488 e. The number of hydrogen-bond donors (Lipinski definition) is 1. The zero-order valence-electron chi connectivity index (χ0n) is 10.9. The molecule has 10 heteroatoms. The van der Waals surface area contributed by atoms with Crippen molar-refractivity contribution in [3.63, 3.8) is 0 Å². The van der Waals surface area contributed by atoms with Gasteiger partial charge in [0.1, 0.15) is 0 Å². The Morgan fingerprint density at radius 1 is 1.36 bits per heavy atom. The first-order valence-corrected chi connectivity index (χ1v) is 7.80. The predicted octanol–water partition coefficient (Wildman–Crippen LogP) is 2.06. The lowest BCUT2D eigenvalue weighted by Crippen LogP contribution is -2.18. The van der Waals surface area contributed by atoms with Gasteiger partial charge < -0.3 is 5.11 Å². The van der Waals surface area contributed by atoms with Gasteiger partial charge in [-0.2, -0.15) is 9.50 Å². The van der Waals surface area contributed by atoms with Crippen molar-refractivity contribution in [3.05, 3.63) is 56.4 Å². The van der Waals surface area contributed by atoms with Crippen molar-refractivity contribution in [1.29, 1.82) is 0 Å². The van der Waals surface area contributed by atoms with Gasteiger partial charge in [-0.15, -0.1) is 5.10 Å². The second-order valence-corrected chi connectivity index (χ2v) is 6.36. The normalized spacial score (nSPS) is 10.9. The Kier molecular flexibility index (Phi) is 3.77. The van der Waals surface area contributed by atoms with Crippen LogP contribution in [0, 0.1) is 10.1 Å². The summed E-state index contributed by atoms with van der Waals surface area (Å²) in [5.74, 6) is -0.248. The molecule has 0 aliphatic heterocycles. The Labute approximate surface area is 131 Å². The minimum absolute atomic E-state index is 0.115. The van der Waals surface area contributed by atoms with Crippen LogP contribution in [0.2, 0.25) is 0 Å². The number of aromatic hydroxyl groups is 1. The van der Waals surface area contributed by atoms with Crippen LogP contribution in [0.4, 0.5) is 5.69 Å². The molecule has 3 rings (SSSR count). The molecule has 0 bridgehead atoms. The molecule has 0 aliphatic carbocycles. The zero-order valence-corrected chi connectivity index (χ0v) is 12.5. The summed E-state index contributed by atoms with van der Waals surface area (Å²) in [7, 11) is 0. The number of thioether (sulfide) groups is 1. The first kappa shape index (κ1) is 14.5. The number of nitro groups is 1. The minimum atomic E-state index is -0.990. The van der Waals surface area contributed by atoms with E-state index in [1.54, 1.807) is 0 Å². The van der Waals surface area contributed by atoms with E-state index in [0.29, 0.717) is 10.1 Å². The molecule has 2 heterocycles. The number of benzene rings is 1. The molecule has 0 saturated carbocycles. The summed E-state index contributed by atoms with van der Waals surface area (Å²) in [5.41, 5.74) is -0.876. The van der Waals surface area contributed by atoms with Crippen molar-refractivity contribution < 1.29 is 10.0 Å². The summed E-state index contributed by atoms with van der Waals surface area (Å²) in [6.07, 6.45) is 0. The van der Waals surface area contributed by atoms with Crippen molar-refractivity contribution in [3.8, 4) is 5.88 Å². The minimum Gasteiger partial charge on any atom is -0.488 e. The van der Waals surface area contributed by atoms with E-state index in [9.17, 15) is 20.0 Å². The van der Waals surface area contributed by atoms with Crippen molar-refractivity contribution in [2.45, 2.75) is 10.1 Å². The quantitative estimate of drug-likeness (QED) is 0.441. The predicted molar refractivity (Wildman–Crippen MR) is 81.5 cm³/mol. The van der Waals surface area contributed by atoms with E-state index in [0.717, 1.165) is 21.4 Å². The monoisotopic (exact) mass is 336 g/mol. The Bertz CT molecular complexity index is 907. The average molecular weight is 336 g/mol. The van der Waals surface area contributed by atoms with Gasteiger partial charge in [0.15, 0.2) is 4.34 Å². The van der Waals surface area contributed by atoms with Gasteiger partial charge in [0, 0.05) is 5.75 Å². The molecule has 22 heavy (non-hydrogen) atoms. The fourth-order valence-corrected chi connectivity index (χ4v) is 3.62. The van der Waals surface area contributed by atoms with Gasteiger partial charge in [0.05, 0.1) is 4.92 Å². The van der Waals surface area contributed by atoms with Crippen LogP contribution in [0.15, 0.2) is 39.5 Å². The summed E-state index contributed by atoms with van der Waals surface area (Å²) in [6.45, 7) is 0. The number of aromatic nitrogens is 3. The Balaban J connectivity index is 1.95. The molecule has 3 aromatic rings. The van der Waals surface area contributed by atoms with Crippen molar-refractivity contribution in [2.75, 3.05) is 0 Å². The van der Waals surface area contributed by atoms with E-state index in [-0.39, 0.29) is 4.96 Å². The molecule has 8 nitrogen and oxygen atoms in total. The van der Waals surface area contributed by atoms with E-state index >= 15 is 0 Å². The molecule has 1 aromatic carbocycles. The number of rotatable bonds is 4. The van der Waals surface area contributed by atoms with Crippen LogP contribution in [0.1, 0.15) is 5.56 Å². The lowest BCUT2D eigenvalue weighted by atomic mass is 10.2. The second kappa shape index (κ2) is 5.73. The van der Waals surface area contributed by atoms with Crippen LogP contribution in [0.25, 0.3) is 4.96 Å². The summed E-state index contributed by atoms with van der Waals surface area (Å²) in [4.78, 5) is 25.5. The average Bonchev–Trinajstić information content (AvgIpc) is 2.89. The van der Waals surface area contributed by atoms with E-state index < -0.39 is 22.0 Å². The number of hydrogen-bond acceptors (Lipinski definition) is 8. The number of nitrogens with zero attached hydrogens (tertiary/aromatic N) is 4. The summed E-state index contributed by atoms with van der Waals surface area (Å²) in [5, 5.41) is 24.3. The van der Waals surface area contributed by atoms with E-state index in [1.807, 2.05) is 30.3 Å². The van der Waals surface area contributed by atoms with Gasteiger partial charge in [-0.1, -0.05) is 53.4 Å². The maximum atomic E-state index is 11.9. The maximum Gasteiger partial charge on any atom is 0.397 e. The highest BCUT2D eigenvalue weighted by atomic mass is 32.2. The van der Waals surface area contributed by atoms with Crippen molar-refractivity contribution in [2.24, 2.45) is 0 Å². The first-order chi connectivity index (χ1) is 10.6. The van der Waals surface area contributed by atoms with Crippen LogP contribution in [-0.2, 0) is 5.75 Å². The zero-order chi connectivity index (χ0) is 15.7. The molecule has 2 aromatic heterocycles. The van der Waals surface area contributed by atoms with Gasteiger partial charge in [-0.05, 0) is 5.56 Å². The smallest absolute Gasteiger partial charge is 0.397 e. The van der Waals surface area contributed by atoms with Crippen molar-refractivity contribution in [1.82, 2.24) is 14.6 Å². The van der Waals surface area contributed by atoms with Crippen molar-refractivity contribution >= 4 is 33.7 Å². The lowest BCUT2D eigenvalue weighted by Gasteiger charge is -1.96. The molecule has 0 saturated heterocycles. The van der Waals surface area contributed by atoms with E-state index in [2.05, 4.69) is 10.1 Å². The van der Waals surface area contributed by atoms with Gasteiger partial charge in [-0.3, -0.25) is 14.9 Å². The van der Waals surface area contributed by atoms with Crippen LogP contribution >= 0.6 is 23.1 Å². The highest BCUT2D eigenvalue weighted by Gasteiger charge is 2.25. The summed E-state index contributed by atoms with van der Waals surface area (Å²) >= 11 is 2.47. The van der Waals surface area contributed by atoms with Gasteiger partial charge in [-0.25, -0.2) is 0 Å². The third-order valence-corrected chi connectivity index (χ3v) is 4.85. The second-order valence-electron chi connectivity index (χ2n) is 4.18. The Morgan fingerprint density at radius 2 is 2.09 bits per heavy atom. The molecule has 0 aliphatic rings. The molecule has 112 valence electrons. The van der Waals surface area contributed by atoms with Gasteiger partial charge >= 0.3 is 17.1 Å². The Morgan fingerprint density at radius 3 is 2.77 bits per heavy atom. The topological polar surface area (TPSA) is 111 Å². The summed E-state index contributed by atoms with van der Waals surface area (Å²) in [6, 6.07) is 9.67. The lowest BCUT2D eigenvalue weighted by molar-refractivity contribution is -0.387. The molecule has 0 fully saturated rings. The van der Waals surface area contributed by atoms with Gasteiger partial charge in [0.25, 0.3) is 0 Å². The molecular formula is C12H8N4O4S2. The molecular weight excluding hydrogens is 328 g/mol. The third-order valence-electron chi connectivity index (χ3n) is 2.74. The van der Waals surface area contributed by atoms with E-state index in [1.165, 1.54) is 11.8 Å². The van der Waals surface area contributed by atoms with Crippen LogP contribution in [0.5, 0.6) is 5.88 Å². The molecule has 0 amide bonds. The first-order valence-electron chi connectivity index (χ1n) is 6.00. The SMILES string of the molecule is O=c1c([N+](=O)[O-])c(O)nc2sc(SCc3ccccc3)nn12. The Hall–Kier alpha value is -2.46. The van der Waals surface area contributed by atoms with Crippen LogP contribution in [-0.4, -0.2) is 24.6 Å². The molecule has 1 N–H and O–H groups in total. The molecule has 0 unspecified atom stereocenters. The number of fused-ring (bicyclic) bond motifs is 1. The highest BCUT2D eigenvalue weighted by Crippen LogP contribution is 2.28. The maximum absolute atomic E-state index is 11.9. The summed E-state index contributed by atoms with van der Waals surface area (Å²) < 4.78 is 1.38. The highest BCUT2D eigenvalue weighted by molar-refractivity contribution is 8.00. The molecule has 0 spiro atoms. The molecule has 0 radical (unpaired) electrons. The standard InChI is InChI=1S/C12H8N4O4S2/c17-9-8(16(19)20)10(18)15-11(13-9)22-12(14-15)21-6-7-4-2-1-3-5-7/h1-5,17H,6H2. The fourth-order valence-electron chi connectivity index (χ4n) is 1.75.